The Morgan fingerprint density at radius 1 is 1.50 bits per heavy atom. The number of amides is 1. The number of hydrogen-bond donors (Lipinski definition) is 1. The molecule has 2 unspecified atom stereocenters. The molecule has 0 aliphatic carbocycles. The van der Waals surface area contributed by atoms with E-state index in [1.807, 2.05) is 0 Å². The second kappa shape index (κ2) is 6.00. The van der Waals surface area contributed by atoms with Gasteiger partial charge in [0, 0.05) is 31.3 Å². The lowest BCUT2D eigenvalue weighted by Gasteiger charge is -2.34. The van der Waals surface area contributed by atoms with Gasteiger partial charge in [0.15, 0.2) is 0 Å². The number of nitro groups is 1. The van der Waals surface area contributed by atoms with Gasteiger partial charge >= 0.3 is 0 Å². The van der Waals surface area contributed by atoms with Gasteiger partial charge in [-0.1, -0.05) is 19.1 Å². The topological polar surface area (TPSA) is 89.5 Å². The number of nitrogens with zero attached hydrogens (tertiary/aromatic N) is 2. The molecule has 1 amide bonds. The zero-order valence-corrected chi connectivity index (χ0v) is 11.5. The van der Waals surface area contributed by atoms with Crippen LogP contribution in [0.3, 0.4) is 0 Å². The van der Waals surface area contributed by atoms with Crippen molar-refractivity contribution in [2.24, 2.45) is 11.7 Å². The van der Waals surface area contributed by atoms with Crippen LogP contribution in [0, 0.1) is 16.0 Å². The predicted octanol–water partition coefficient (Wildman–Crippen LogP) is 1.33. The van der Waals surface area contributed by atoms with E-state index in [1.165, 1.54) is 12.1 Å². The molecule has 0 saturated carbocycles. The summed E-state index contributed by atoms with van der Waals surface area (Å²) in [6, 6.07) is 6.23. The number of carbonyl (C=O) groups excluding carboxylic acids is 1. The minimum Gasteiger partial charge on any atom is -0.341 e. The molecule has 0 aromatic heterocycles. The molecule has 20 heavy (non-hydrogen) atoms. The molecular formula is C14H19N3O3. The van der Waals surface area contributed by atoms with Gasteiger partial charge < -0.3 is 10.6 Å². The summed E-state index contributed by atoms with van der Waals surface area (Å²) in [5.41, 5.74) is 6.60. The first-order chi connectivity index (χ1) is 9.45. The van der Waals surface area contributed by atoms with Crippen LogP contribution in [-0.2, 0) is 11.2 Å². The lowest BCUT2D eigenvalue weighted by atomic mass is 9.96. The molecule has 6 heteroatoms. The molecule has 1 heterocycles. The molecule has 2 N–H and O–H groups in total. The van der Waals surface area contributed by atoms with Crippen molar-refractivity contribution in [2.45, 2.75) is 25.8 Å². The SMILES string of the molecule is CC1CC(N)CN(C(=O)Cc2cccc([N+](=O)[O-])c2)C1. The molecule has 0 spiro atoms. The summed E-state index contributed by atoms with van der Waals surface area (Å²) in [4.78, 5) is 24.3. The maximum absolute atomic E-state index is 12.2. The number of likely N-dealkylation sites (tertiary alicyclic amines) is 1. The molecule has 0 radical (unpaired) electrons. The monoisotopic (exact) mass is 277 g/mol. The van der Waals surface area contributed by atoms with Gasteiger partial charge in [0.25, 0.3) is 5.69 Å². The lowest BCUT2D eigenvalue weighted by Crippen LogP contribution is -2.49. The Morgan fingerprint density at radius 3 is 2.90 bits per heavy atom. The molecule has 2 rings (SSSR count). The van der Waals surface area contributed by atoms with Crippen LogP contribution in [0.4, 0.5) is 5.69 Å². The second-order valence-corrected chi connectivity index (χ2v) is 5.50. The van der Waals surface area contributed by atoms with E-state index in [9.17, 15) is 14.9 Å². The molecule has 1 aromatic rings. The highest BCUT2D eigenvalue weighted by Gasteiger charge is 2.25. The fourth-order valence-electron chi connectivity index (χ4n) is 2.67. The van der Waals surface area contributed by atoms with Gasteiger partial charge in [-0.3, -0.25) is 14.9 Å². The highest BCUT2D eigenvalue weighted by atomic mass is 16.6. The van der Waals surface area contributed by atoms with E-state index in [1.54, 1.807) is 17.0 Å². The van der Waals surface area contributed by atoms with Crippen molar-refractivity contribution < 1.29 is 9.72 Å². The van der Waals surface area contributed by atoms with Crippen molar-refractivity contribution in [2.75, 3.05) is 13.1 Å². The summed E-state index contributed by atoms with van der Waals surface area (Å²) in [6.45, 7) is 3.35. The Kier molecular flexibility index (Phi) is 4.34. The number of non-ortho nitro benzene ring substituents is 1. The first-order valence-electron chi connectivity index (χ1n) is 6.72. The van der Waals surface area contributed by atoms with E-state index in [-0.39, 0.29) is 24.1 Å². The molecule has 108 valence electrons. The van der Waals surface area contributed by atoms with Crippen LogP contribution in [0.1, 0.15) is 18.9 Å². The van der Waals surface area contributed by atoms with Gasteiger partial charge in [-0.25, -0.2) is 0 Å². The summed E-state index contributed by atoms with van der Waals surface area (Å²) >= 11 is 0. The number of nitrogens with two attached hydrogens (primary N) is 1. The third-order valence-corrected chi connectivity index (χ3v) is 3.52. The number of hydrogen-bond acceptors (Lipinski definition) is 4. The Balaban J connectivity index is 2.04. The maximum atomic E-state index is 12.2. The largest absolute Gasteiger partial charge is 0.341 e. The Hall–Kier alpha value is -1.95. The van der Waals surface area contributed by atoms with Crippen molar-refractivity contribution in [3.05, 3.63) is 39.9 Å². The summed E-state index contributed by atoms with van der Waals surface area (Å²) in [7, 11) is 0. The van der Waals surface area contributed by atoms with E-state index in [0.717, 1.165) is 6.42 Å². The molecule has 1 aliphatic rings. The summed E-state index contributed by atoms with van der Waals surface area (Å²) in [5, 5.41) is 10.7. The zero-order valence-electron chi connectivity index (χ0n) is 11.5. The van der Waals surface area contributed by atoms with Crippen molar-refractivity contribution in [3.63, 3.8) is 0 Å². The van der Waals surface area contributed by atoms with Gasteiger partial charge in [-0.2, -0.15) is 0 Å². The molecule has 2 atom stereocenters. The lowest BCUT2D eigenvalue weighted by molar-refractivity contribution is -0.384. The molecule has 6 nitrogen and oxygen atoms in total. The zero-order chi connectivity index (χ0) is 14.7. The minimum absolute atomic E-state index is 0.0130. The van der Waals surface area contributed by atoms with Crippen molar-refractivity contribution in [1.29, 1.82) is 0 Å². The van der Waals surface area contributed by atoms with Crippen LogP contribution >= 0.6 is 0 Å². The van der Waals surface area contributed by atoms with Gasteiger partial charge in [-0.05, 0) is 17.9 Å². The van der Waals surface area contributed by atoms with Crippen molar-refractivity contribution >= 4 is 11.6 Å². The Bertz CT molecular complexity index is 508. The van der Waals surface area contributed by atoms with E-state index in [4.69, 9.17) is 5.73 Å². The fourth-order valence-corrected chi connectivity index (χ4v) is 2.67. The quantitative estimate of drug-likeness (QED) is 0.666. The van der Waals surface area contributed by atoms with Crippen LogP contribution < -0.4 is 5.73 Å². The first-order valence-corrected chi connectivity index (χ1v) is 6.72. The number of carbonyl (C=O) groups is 1. The van der Waals surface area contributed by atoms with E-state index >= 15 is 0 Å². The summed E-state index contributed by atoms with van der Waals surface area (Å²) in [5.74, 6) is 0.375. The van der Waals surface area contributed by atoms with Crippen LogP contribution in [0.5, 0.6) is 0 Å². The smallest absolute Gasteiger partial charge is 0.269 e. The van der Waals surface area contributed by atoms with Crippen molar-refractivity contribution in [3.8, 4) is 0 Å². The van der Waals surface area contributed by atoms with Crippen LogP contribution in [0.15, 0.2) is 24.3 Å². The van der Waals surface area contributed by atoms with Crippen LogP contribution in [-0.4, -0.2) is 34.9 Å². The average molecular weight is 277 g/mol. The third kappa shape index (κ3) is 3.54. The third-order valence-electron chi connectivity index (χ3n) is 3.52. The summed E-state index contributed by atoms with van der Waals surface area (Å²) in [6.07, 6.45) is 1.11. The number of nitro benzene ring substituents is 1. The summed E-state index contributed by atoms with van der Waals surface area (Å²) < 4.78 is 0. The van der Waals surface area contributed by atoms with Gasteiger partial charge in [0.1, 0.15) is 0 Å². The van der Waals surface area contributed by atoms with Gasteiger partial charge in [-0.15, -0.1) is 0 Å². The van der Waals surface area contributed by atoms with E-state index in [2.05, 4.69) is 6.92 Å². The molecule has 1 saturated heterocycles. The normalized spacial score (nSPS) is 22.6. The number of benzene rings is 1. The molecule has 1 aliphatic heterocycles. The fraction of sp³-hybridized carbons (Fsp3) is 0.500. The Labute approximate surface area is 117 Å². The standard InChI is InChI=1S/C14H19N3O3/c1-10-5-12(15)9-16(8-10)14(18)7-11-3-2-4-13(6-11)17(19)20/h2-4,6,10,12H,5,7-9,15H2,1H3. The van der Waals surface area contributed by atoms with Crippen molar-refractivity contribution in [1.82, 2.24) is 4.90 Å². The van der Waals surface area contributed by atoms with Crippen LogP contribution in [0.25, 0.3) is 0 Å². The molecule has 0 bridgehead atoms. The van der Waals surface area contributed by atoms with Gasteiger partial charge in [0.2, 0.25) is 5.91 Å². The second-order valence-electron chi connectivity index (χ2n) is 5.50. The first kappa shape index (κ1) is 14.5. The highest BCUT2D eigenvalue weighted by Crippen LogP contribution is 2.18. The maximum Gasteiger partial charge on any atom is 0.269 e. The van der Waals surface area contributed by atoms with Gasteiger partial charge in [0.05, 0.1) is 11.3 Å². The molecule has 1 fully saturated rings. The number of piperidine rings is 1. The van der Waals surface area contributed by atoms with E-state index < -0.39 is 4.92 Å². The predicted molar refractivity (Wildman–Crippen MR) is 75.1 cm³/mol. The molecular weight excluding hydrogens is 258 g/mol. The van der Waals surface area contributed by atoms with Crippen LogP contribution in [0.2, 0.25) is 0 Å². The Morgan fingerprint density at radius 2 is 2.25 bits per heavy atom. The minimum atomic E-state index is -0.452. The van der Waals surface area contributed by atoms with E-state index in [0.29, 0.717) is 24.6 Å². The molecule has 1 aromatic carbocycles. The highest BCUT2D eigenvalue weighted by molar-refractivity contribution is 5.79. The number of rotatable bonds is 3. The average Bonchev–Trinajstić information content (AvgIpc) is 2.37.